The van der Waals surface area contributed by atoms with Crippen molar-refractivity contribution >= 4 is 28.3 Å². The van der Waals surface area contributed by atoms with Gasteiger partial charge >= 0.3 is 0 Å². The minimum atomic E-state index is 0.548. The molecule has 0 aliphatic rings. The van der Waals surface area contributed by atoms with Crippen molar-refractivity contribution in [3.8, 4) is 11.4 Å². The summed E-state index contributed by atoms with van der Waals surface area (Å²) in [4.78, 5) is 7.87. The van der Waals surface area contributed by atoms with Crippen molar-refractivity contribution in [3.05, 3.63) is 47.0 Å². The molecule has 0 radical (unpaired) electrons. The molecule has 0 bridgehead atoms. The van der Waals surface area contributed by atoms with E-state index in [2.05, 4.69) is 29.0 Å². The van der Waals surface area contributed by atoms with Crippen LogP contribution in [0.3, 0.4) is 0 Å². The normalized spacial score (nSPS) is 11.1. The Kier molecular flexibility index (Phi) is 2.91. The van der Waals surface area contributed by atoms with Crippen molar-refractivity contribution in [3.63, 3.8) is 0 Å². The first-order valence-electron chi connectivity index (χ1n) is 6.22. The van der Waals surface area contributed by atoms with E-state index in [-0.39, 0.29) is 0 Å². The summed E-state index contributed by atoms with van der Waals surface area (Å²) >= 11 is 6.04. The first-order valence-corrected chi connectivity index (χ1v) is 6.60. The molecule has 0 saturated heterocycles. The highest BCUT2D eigenvalue weighted by Gasteiger charge is 2.10. The molecule has 1 aromatic heterocycles. The highest BCUT2D eigenvalue weighted by Crippen LogP contribution is 2.30. The number of aromatic nitrogens is 2. The lowest BCUT2D eigenvalue weighted by molar-refractivity contribution is 1.14. The molecule has 0 spiro atoms. The Bertz CT molecular complexity index is 746. The van der Waals surface area contributed by atoms with Gasteiger partial charge in [0, 0.05) is 5.56 Å². The van der Waals surface area contributed by atoms with Crippen LogP contribution in [-0.2, 0) is 6.42 Å². The van der Waals surface area contributed by atoms with E-state index in [1.54, 1.807) is 6.07 Å². The van der Waals surface area contributed by atoms with E-state index >= 15 is 0 Å². The smallest absolute Gasteiger partial charge is 0.140 e. The number of nitrogens with two attached hydrogens (primary N) is 1. The number of H-pyrrole nitrogens is 1. The fourth-order valence-corrected chi connectivity index (χ4v) is 2.32. The van der Waals surface area contributed by atoms with E-state index < -0.39 is 0 Å². The van der Waals surface area contributed by atoms with Gasteiger partial charge in [-0.2, -0.15) is 0 Å². The Hall–Kier alpha value is -2.00. The van der Waals surface area contributed by atoms with Gasteiger partial charge in [0.05, 0.1) is 21.7 Å². The highest BCUT2D eigenvalue weighted by atomic mass is 35.5. The van der Waals surface area contributed by atoms with E-state index in [1.165, 1.54) is 5.56 Å². The molecule has 2 aromatic carbocycles. The van der Waals surface area contributed by atoms with Gasteiger partial charge in [0.15, 0.2) is 0 Å². The topological polar surface area (TPSA) is 54.7 Å². The summed E-state index contributed by atoms with van der Waals surface area (Å²) in [7, 11) is 0. The van der Waals surface area contributed by atoms with Gasteiger partial charge in [-0.1, -0.05) is 30.7 Å². The maximum absolute atomic E-state index is 6.04. The predicted molar refractivity (Wildman–Crippen MR) is 80.3 cm³/mol. The standard InChI is InChI=1S/C15H14ClN3/c1-2-9-6-7-12-13(8-9)19-15(18-12)10-4-3-5-11(16)14(10)17/h3-8H,2,17H2,1H3,(H,18,19). The van der Waals surface area contributed by atoms with E-state index in [1.807, 2.05) is 18.2 Å². The minimum Gasteiger partial charge on any atom is -0.397 e. The van der Waals surface area contributed by atoms with E-state index in [0.29, 0.717) is 10.7 Å². The van der Waals surface area contributed by atoms with Gasteiger partial charge < -0.3 is 10.7 Å². The molecule has 0 saturated carbocycles. The summed E-state index contributed by atoms with van der Waals surface area (Å²) < 4.78 is 0. The first-order chi connectivity index (χ1) is 9.19. The number of para-hydroxylation sites is 1. The van der Waals surface area contributed by atoms with Gasteiger partial charge in [-0.15, -0.1) is 0 Å². The third kappa shape index (κ3) is 2.06. The molecule has 96 valence electrons. The second-order valence-electron chi connectivity index (χ2n) is 4.49. The quantitative estimate of drug-likeness (QED) is 0.692. The summed E-state index contributed by atoms with van der Waals surface area (Å²) in [5.74, 6) is 0.753. The van der Waals surface area contributed by atoms with Gasteiger partial charge in [-0.25, -0.2) is 4.98 Å². The Morgan fingerprint density at radius 2 is 2.11 bits per heavy atom. The lowest BCUT2D eigenvalue weighted by Crippen LogP contribution is -1.92. The summed E-state index contributed by atoms with van der Waals surface area (Å²) in [6.45, 7) is 2.13. The lowest BCUT2D eigenvalue weighted by atomic mass is 10.1. The SMILES string of the molecule is CCc1ccc2nc(-c3cccc(Cl)c3N)[nH]c2c1. The zero-order valence-corrected chi connectivity index (χ0v) is 11.3. The van der Waals surface area contributed by atoms with Gasteiger partial charge in [0.25, 0.3) is 0 Å². The second kappa shape index (κ2) is 4.59. The molecule has 3 aromatic rings. The molecular formula is C15H14ClN3. The van der Waals surface area contributed by atoms with Crippen molar-refractivity contribution < 1.29 is 0 Å². The molecule has 0 aliphatic carbocycles. The Labute approximate surface area is 116 Å². The van der Waals surface area contributed by atoms with Gasteiger partial charge in [0.2, 0.25) is 0 Å². The molecule has 4 heteroatoms. The molecule has 19 heavy (non-hydrogen) atoms. The van der Waals surface area contributed by atoms with Crippen LogP contribution in [0.1, 0.15) is 12.5 Å². The Morgan fingerprint density at radius 1 is 1.26 bits per heavy atom. The molecule has 0 aliphatic heterocycles. The summed E-state index contributed by atoms with van der Waals surface area (Å²) in [6.07, 6.45) is 1.00. The molecule has 3 N–H and O–H groups in total. The second-order valence-corrected chi connectivity index (χ2v) is 4.90. The maximum atomic E-state index is 6.04. The van der Waals surface area contributed by atoms with Crippen molar-refractivity contribution in [1.29, 1.82) is 0 Å². The summed E-state index contributed by atoms with van der Waals surface area (Å²) in [5.41, 5.74) is 10.6. The Balaban J connectivity index is 2.18. The van der Waals surface area contributed by atoms with E-state index in [9.17, 15) is 0 Å². The summed E-state index contributed by atoms with van der Waals surface area (Å²) in [5, 5.41) is 0.548. The molecule has 0 fully saturated rings. The predicted octanol–water partition coefficient (Wildman–Crippen LogP) is 4.03. The van der Waals surface area contributed by atoms with Gasteiger partial charge in [-0.05, 0) is 36.2 Å². The molecule has 3 nitrogen and oxygen atoms in total. The number of nitrogens with zero attached hydrogens (tertiary/aromatic N) is 1. The molecule has 0 amide bonds. The number of nitrogens with one attached hydrogen (secondary N) is 1. The largest absolute Gasteiger partial charge is 0.397 e. The van der Waals surface area contributed by atoms with Gasteiger partial charge in [-0.3, -0.25) is 0 Å². The number of benzene rings is 2. The van der Waals surface area contributed by atoms with Crippen LogP contribution in [-0.4, -0.2) is 9.97 Å². The number of aryl methyl sites for hydroxylation is 1. The summed E-state index contributed by atoms with van der Waals surface area (Å²) in [6, 6.07) is 11.8. The maximum Gasteiger partial charge on any atom is 0.140 e. The number of anilines is 1. The molecule has 0 atom stereocenters. The monoisotopic (exact) mass is 271 g/mol. The van der Waals surface area contributed by atoms with Crippen molar-refractivity contribution in [2.45, 2.75) is 13.3 Å². The van der Waals surface area contributed by atoms with Crippen LogP contribution < -0.4 is 5.73 Å². The van der Waals surface area contributed by atoms with Crippen LogP contribution in [0, 0.1) is 0 Å². The zero-order valence-electron chi connectivity index (χ0n) is 10.6. The van der Waals surface area contributed by atoms with Crippen LogP contribution in [0.2, 0.25) is 5.02 Å². The van der Waals surface area contributed by atoms with Crippen molar-refractivity contribution in [1.82, 2.24) is 9.97 Å². The molecule has 0 unspecified atom stereocenters. The third-order valence-corrected chi connectivity index (χ3v) is 3.59. The van der Waals surface area contributed by atoms with Crippen LogP contribution in [0.5, 0.6) is 0 Å². The van der Waals surface area contributed by atoms with Crippen LogP contribution >= 0.6 is 11.6 Å². The minimum absolute atomic E-state index is 0.548. The van der Waals surface area contributed by atoms with Crippen LogP contribution in [0.15, 0.2) is 36.4 Å². The number of hydrogen-bond acceptors (Lipinski definition) is 2. The number of hydrogen-bond donors (Lipinski definition) is 2. The van der Waals surface area contributed by atoms with Crippen LogP contribution in [0.4, 0.5) is 5.69 Å². The molecule has 1 heterocycles. The van der Waals surface area contributed by atoms with E-state index in [4.69, 9.17) is 17.3 Å². The van der Waals surface area contributed by atoms with Crippen LogP contribution in [0.25, 0.3) is 22.4 Å². The third-order valence-electron chi connectivity index (χ3n) is 3.26. The zero-order chi connectivity index (χ0) is 13.4. The fourth-order valence-electron chi connectivity index (χ4n) is 2.15. The number of fused-ring (bicyclic) bond motifs is 1. The highest BCUT2D eigenvalue weighted by molar-refractivity contribution is 6.33. The number of nitrogen functional groups attached to an aromatic ring is 1. The average Bonchev–Trinajstić information content (AvgIpc) is 2.84. The van der Waals surface area contributed by atoms with E-state index in [0.717, 1.165) is 28.8 Å². The number of imidazole rings is 1. The number of rotatable bonds is 2. The average molecular weight is 272 g/mol. The Morgan fingerprint density at radius 3 is 2.89 bits per heavy atom. The fraction of sp³-hybridized carbons (Fsp3) is 0.133. The van der Waals surface area contributed by atoms with Gasteiger partial charge in [0.1, 0.15) is 5.82 Å². The molecular weight excluding hydrogens is 258 g/mol. The number of halogens is 1. The lowest BCUT2D eigenvalue weighted by Gasteiger charge is -2.03. The number of aromatic amines is 1. The first kappa shape index (κ1) is 12.1. The van der Waals surface area contributed by atoms with Crippen molar-refractivity contribution in [2.75, 3.05) is 5.73 Å². The van der Waals surface area contributed by atoms with Crippen molar-refractivity contribution in [2.24, 2.45) is 0 Å². The molecule has 3 rings (SSSR count).